The molecule has 1 nitrogen and oxygen atoms in total. The predicted molar refractivity (Wildman–Crippen MR) is 81.6 cm³/mol. The molecule has 21 heavy (non-hydrogen) atoms. The van der Waals surface area contributed by atoms with Crippen molar-refractivity contribution in [3.63, 3.8) is 0 Å². The van der Waals surface area contributed by atoms with Gasteiger partial charge in [-0.15, -0.1) is 6.42 Å². The van der Waals surface area contributed by atoms with E-state index >= 15 is 0 Å². The summed E-state index contributed by atoms with van der Waals surface area (Å²) in [5.41, 5.74) is 6.29. The molecule has 0 aliphatic carbocycles. The summed E-state index contributed by atoms with van der Waals surface area (Å²) in [7, 11) is 0. The number of terminal acetylenes is 1. The summed E-state index contributed by atoms with van der Waals surface area (Å²) in [5, 5.41) is 0.124. The highest BCUT2D eigenvalue weighted by Gasteiger charge is 2.22. The average Bonchev–Trinajstić information content (AvgIpc) is 2.47. The molecule has 2 aromatic carbocycles. The number of halogens is 3. The standard InChI is InChI=1S/C15H12F3N.C2H6/c1-4-9-12-10(7(2)3)5-8(19)6-11(12)14(17)15(18)13(9)16;1-2/h1,5-7H,19H2,2-3H3;1-2H3. The van der Waals surface area contributed by atoms with Crippen LogP contribution in [0, 0.1) is 29.8 Å². The second-order valence-corrected chi connectivity index (χ2v) is 4.65. The van der Waals surface area contributed by atoms with Gasteiger partial charge in [0.15, 0.2) is 17.5 Å². The Hall–Kier alpha value is -2.15. The molecule has 2 N–H and O–H groups in total. The van der Waals surface area contributed by atoms with Gasteiger partial charge in [-0.2, -0.15) is 0 Å². The Morgan fingerprint density at radius 1 is 1.05 bits per heavy atom. The van der Waals surface area contributed by atoms with Crippen molar-refractivity contribution >= 4 is 16.5 Å². The molecule has 0 saturated carbocycles. The molecule has 0 aliphatic heterocycles. The Bertz CT molecular complexity index is 713. The van der Waals surface area contributed by atoms with Crippen LogP contribution in [0.3, 0.4) is 0 Å². The van der Waals surface area contributed by atoms with Crippen LogP contribution in [0.2, 0.25) is 0 Å². The van der Waals surface area contributed by atoms with E-state index in [1.165, 1.54) is 6.07 Å². The second-order valence-electron chi connectivity index (χ2n) is 4.65. The van der Waals surface area contributed by atoms with Gasteiger partial charge in [-0.3, -0.25) is 0 Å². The van der Waals surface area contributed by atoms with E-state index in [1.54, 1.807) is 6.07 Å². The van der Waals surface area contributed by atoms with E-state index in [9.17, 15) is 13.2 Å². The molecule has 0 atom stereocenters. The van der Waals surface area contributed by atoms with Crippen molar-refractivity contribution in [2.24, 2.45) is 0 Å². The molecule has 0 unspecified atom stereocenters. The molecule has 0 bridgehead atoms. The van der Waals surface area contributed by atoms with Crippen LogP contribution in [0.25, 0.3) is 10.8 Å². The lowest BCUT2D eigenvalue weighted by molar-refractivity contribution is 0.452. The number of fused-ring (bicyclic) bond motifs is 1. The van der Waals surface area contributed by atoms with Crippen LogP contribution in [-0.2, 0) is 0 Å². The van der Waals surface area contributed by atoms with Gasteiger partial charge in [-0.05, 0) is 23.6 Å². The third-order valence-electron chi connectivity index (χ3n) is 3.05. The lowest BCUT2D eigenvalue weighted by Crippen LogP contribution is -2.03. The number of nitrogen functional groups attached to an aromatic ring is 1. The fourth-order valence-electron chi connectivity index (χ4n) is 2.16. The Labute approximate surface area is 123 Å². The molecule has 0 aliphatic rings. The highest BCUT2D eigenvalue weighted by Crippen LogP contribution is 2.35. The van der Waals surface area contributed by atoms with Gasteiger partial charge in [0.1, 0.15) is 0 Å². The normalized spacial score (nSPS) is 10.2. The van der Waals surface area contributed by atoms with Crippen molar-refractivity contribution in [3.8, 4) is 12.3 Å². The molecule has 0 spiro atoms. The van der Waals surface area contributed by atoms with E-state index in [2.05, 4.69) is 5.92 Å². The Kier molecular flexibility index (Phi) is 5.26. The Morgan fingerprint density at radius 3 is 2.10 bits per heavy atom. The monoisotopic (exact) mass is 293 g/mol. The van der Waals surface area contributed by atoms with Crippen LogP contribution < -0.4 is 5.73 Å². The summed E-state index contributed by atoms with van der Waals surface area (Å²) >= 11 is 0. The van der Waals surface area contributed by atoms with E-state index in [1.807, 2.05) is 27.7 Å². The first-order valence-corrected chi connectivity index (χ1v) is 6.74. The topological polar surface area (TPSA) is 26.0 Å². The second kappa shape index (κ2) is 6.53. The zero-order chi connectivity index (χ0) is 16.3. The quantitative estimate of drug-likeness (QED) is 0.448. The van der Waals surface area contributed by atoms with Crippen LogP contribution in [0.4, 0.5) is 18.9 Å². The first-order chi connectivity index (χ1) is 9.88. The van der Waals surface area contributed by atoms with E-state index < -0.39 is 17.5 Å². The molecule has 4 heteroatoms. The van der Waals surface area contributed by atoms with Crippen molar-refractivity contribution in [2.45, 2.75) is 33.6 Å². The molecule has 0 aromatic heterocycles. The van der Waals surface area contributed by atoms with Crippen molar-refractivity contribution < 1.29 is 13.2 Å². The van der Waals surface area contributed by atoms with Gasteiger partial charge >= 0.3 is 0 Å². The van der Waals surface area contributed by atoms with E-state index in [0.717, 1.165) is 0 Å². The van der Waals surface area contributed by atoms with Gasteiger partial charge in [0.25, 0.3) is 0 Å². The van der Waals surface area contributed by atoms with Crippen LogP contribution in [0.1, 0.15) is 44.7 Å². The number of hydrogen-bond donors (Lipinski definition) is 1. The molecule has 0 radical (unpaired) electrons. The minimum absolute atomic E-state index is 0.0534. The molecule has 2 aromatic rings. The average molecular weight is 293 g/mol. The molecule has 0 amide bonds. The molecule has 112 valence electrons. The summed E-state index contributed by atoms with van der Waals surface area (Å²) in [6.07, 6.45) is 5.23. The van der Waals surface area contributed by atoms with Crippen LogP contribution >= 0.6 is 0 Å². The fraction of sp³-hybridized carbons (Fsp3) is 0.294. The Morgan fingerprint density at radius 2 is 1.62 bits per heavy atom. The third kappa shape index (κ3) is 2.82. The van der Waals surface area contributed by atoms with Gasteiger partial charge in [0.05, 0.1) is 5.56 Å². The minimum Gasteiger partial charge on any atom is -0.399 e. The van der Waals surface area contributed by atoms with Gasteiger partial charge in [-0.25, -0.2) is 13.2 Å². The first-order valence-electron chi connectivity index (χ1n) is 6.74. The van der Waals surface area contributed by atoms with Gasteiger partial charge in [0, 0.05) is 16.5 Å². The maximum absolute atomic E-state index is 13.9. The summed E-state index contributed by atoms with van der Waals surface area (Å²) in [6.45, 7) is 7.68. The van der Waals surface area contributed by atoms with Crippen molar-refractivity contribution in [1.29, 1.82) is 0 Å². The lowest BCUT2D eigenvalue weighted by atomic mass is 9.91. The van der Waals surface area contributed by atoms with Crippen molar-refractivity contribution in [2.75, 3.05) is 5.73 Å². The van der Waals surface area contributed by atoms with E-state index in [0.29, 0.717) is 5.56 Å². The van der Waals surface area contributed by atoms with Gasteiger partial charge in [0.2, 0.25) is 0 Å². The van der Waals surface area contributed by atoms with Gasteiger partial charge < -0.3 is 5.73 Å². The molecule has 2 rings (SSSR count). The minimum atomic E-state index is -1.57. The zero-order valence-electron chi connectivity index (χ0n) is 12.5. The number of rotatable bonds is 1. The molecule has 0 saturated heterocycles. The SMILES string of the molecule is C#Cc1c(F)c(F)c(F)c2cc(N)cc(C(C)C)c12.CC. The summed E-state index contributed by atoms with van der Waals surface area (Å²) in [4.78, 5) is 0. The highest BCUT2D eigenvalue weighted by atomic mass is 19.2. The number of anilines is 1. The number of hydrogen-bond acceptors (Lipinski definition) is 1. The van der Waals surface area contributed by atoms with Crippen LogP contribution in [-0.4, -0.2) is 0 Å². The van der Waals surface area contributed by atoms with Crippen molar-refractivity contribution in [3.05, 3.63) is 40.7 Å². The van der Waals surface area contributed by atoms with E-state index in [-0.39, 0.29) is 27.9 Å². The third-order valence-corrected chi connectivity index (χ3v) is 3.05. The van der Waals surface area contributed by atoms with Crippen LogP contribution in [0.5, 0.6) is 0 Å². The molecule has 0 fully saturated rings. The molecular weight excluding hydrogens is 275 g/mol. The van der Waals surface area contributed by atoms with Crippen molar-refractivity contribution in [1.82, 2.24) is 0 Å². The predicted octanol–water partition coefficient (Wildman–Crippen LogP) is 4.97. The molecule has 0 heterocycles. The largest absolute Gasteiger partial charge is 0.399 e. The Balaban J connectivity index is 0.00000106. The lowest BCUT2D eigenvalue weighted by Gasteiger charge is -2.15. The van der Waals surface area contributed by atoms with E-state index in [4.69, 9.17) is 12.2 Å². The zero-order valence-corrected chi connectivity index (χ0v) is 12.5. The van der Waals surface area contributed by atoms with Crippen LogP contribution in [0.15, 0.2) is 12.1 Å². The summed E-state index contributed by atoms with van der Waals surface area (Å²) in [6, 6.07) is 2.87. The maximum Gasteiger partial charge on any atom is 0.196 e. The molecular formula is C17H18F3N. The smallest absolute Gasteiger partial charge is 0.196 e. The number of nitrogens with two attached hydrogens (primary N) is 1. The maximum atomic E-state index is 13.9. The first kappa shape index (κ1) is 16.9. The number of benzene rings is 2. The fourth-order valence-corrected chi connectivity index (χ4v) is 2.16. The van der Waals surface area contributed by atoms with Gasteiger partial charge in [-0.1, -0.05) is 33.6 Å². The summed E-state index contributed by atoms with van der Waals surface area (Å²) < 4.78 is 41.1. The summed E-state index contributed by atoms with van der Waals surface area (Å²) in [5.74, 6) is -2.12. The highest BCUT2D eigenvalue weighted by molar-refractivity contribution is 5.94.